The van der Waals surface area contributed by atoms with Gasteiger partial charge in [0.05, 0.1) is 11.6 Å². The average Bonchev–Trinajstić information content (AvgIpc) is 3.95. The molecule has 3 aromatic heterocycles. The minimum Gasteiger partial charge on any atom is -0.453 e. The van der Waals surface area contributed by atoms with Crippen LogP contribution in [-0.2, 0) is 21.4 Å². The molecule has 2 amide bonds. The highest BCUT2D eigenvalue weighted by Crippen LogP contribution is 2.60. The summed E-state index contributed by atoms with van der Waals surface area (Å²) >= 11 is 13.6. The number of carbonyl (C=O) groups is 2. The van der Waals surface area contributed by atoms with Crippen LogP contribution in [0.4, 0.5) is 0 Å². The van der Waals surface area contributed by atoms with Gasteiger partial charge in [0.25, 0.3) is 12.2 Å². The number of carbonyl (C=O) groups excluding carboxylic acids is 2. The van der Waals surface area contributed by atoms with Crippen LogP contribution in [0.25, 0.3) is 33.8 Å². The third-order valence-corrected chi connectivity index (χ3v) is 11.1. The van der Waals surface area contributed by atoms with E-state index >= 15 is 0 Å². The highest BCUT2D eigenvalue weighted by Gasteiger charge is 2.63. The second kappa shape index (κ2) is 12.6. The van der Waals surface area contributed by atoms with Gasteiger partial charge in [-0.2, -0.15) is 4.98 Å². The first-order chi connectivity index (χ1) is 25.9. The van der Waals surface area contributed by atoms with E-state index in [2.05, 4.69) is 15.6 Å². The number of para-hydroxylation sites is 2. The van der Waals surface area contributed by atoms with Crippen LogP contribution >= 0.6 is 23.2 Å². The third-order valence-electron chi connectivity index (χ3n) is 10.6. The van der Waals surface area contributed by atoms with Gasteiger partial charge in [-0.25, -0.2) is 4.98 Å². The van der Waals surface area contributed by atoms with Crippen molar-refractivity contribution in [1.82, 2.24) is 25.6 Å². The Bertz CT molecular complexity index is 2490. The van der Waals surface area contributed by atoms with Crippen molar-refractivity contribution in [2.24, 2.45) is 17.6 Å². The van der Waals surface area contributed by atoms with Crippen molar-refractivity contribution < 1.29 is 27.9 Å². The molecule has 0 unspecified atom stereocenters. The second-order valence-corrected chi connectivity index (χ2v) is 15.4. The molecule has 0 radical (unpaired) electrons. The summed E-state index contributed by atoms with van der Waals surface area (Å²) in [5.41, 5.74) is 8.89. The molecule has 6 aromatic rings. The molecule has 276 valence electrons. The minimum atomic E-state index is -1.20. The fraction of sp³-hybridized carbons (Fsp3) is 0.300. The fourth-order valence-corrected chi connectivity index (χ4v) is 8.24. The van der Waals surface area contributed by atoms with Gasteiger partial charge in [-0.05, 0) is 35.6 Å². The van der Waals surface area contributed by atoms with Crippen molar-refractivity contribution in [3.8, 4) is 34.4 Å². The molecule has 5 atom stereocenters. The number of aromatic nitrogens is 3. The maximum Gasteiger partial charge on any atom is 0.262 e. The number of oxazole rings is 2. The molecule has 3 aliphatic rings. The van der Waals surface area contributed by atoms with Crippen LogP contribution in [-0.4, -0.2) is 45.1 Å². The van der Waals surface area contributed by atoms with Gasteiger partial charge in [-0.15, -0.1) is 0 Å². The number of halogens is 2. The summed E-state index contributed by atoms with van der Waals surface area (Å²) in [6.07, 6.45) is -0.727. The van der Waals surface area contributed by atoms with Crippen LogP contribution in [0, 0.1) is 11.8 Å². The number of aromatic amines is 1. The molecule has 12 nitrogen and oxygen atoms in total. The maximum absolute atomic E-state index is 14.2. The largest absolute Gasteiger partial charge is 0.453 e. The van der Waals surface area contributed by atoms with E-state index in [0.717, 1.165) is 27.6 Å². The number of amides is 2. The van der Waals surface area contributed by atoms with Crippen molar-refractivity contribution >= 4 is 45.9 Å². The molecule has 5 N–H and O–H groups in total. The number of benzene rings is 3. The van der Waals surface area contributed by atoms with Crippen LogP contribution in [0.1, 0.15) is 62.1 Å². The van der Waals surface area contributed by atoms with E-state index in [1.165, 1.54) is 0 Å². The molecule has 1 spiro atoms. The van der Waals surface area contributed by atoms with E-state index in [1.54, 1.807) is 0 Å². The molecule has 14 heteroatoms. The number of hydrogen-bond acceptors (Lipinski definition) is 9. The molecule has 4 bridgehead atoms. The van der Waals surface area contributed by atoms with Crippen LogP contribution in [0.3, 0.4) is 0 Å². The zero-order chi connectivity index (χ0) is 37.6. The number of nitrogens with one attached hydrogen (secondary N) is 3. The van der Waals surface area contributed by atoms with Crippen LogP contribution in [0.15, 0.2) is 75.6 Å². The minimum absolute atomic E-state index is 0.0689. The average molecular weight is 768 g/mol. The molecule has 6 heterocycles. The lowest BCUT2D eigenvalue weighted by Gasteiger charge is -2.28. The second-order valence-electron chi connectivity index (χ2n) is 14.7. The Morgan fingerprint density at radius 3 is 2.48 bits per heavy atom. The zero-order valence-corrected chi connectivity index (χ0v) is 31.2. The Hall–Kier alpha value is -5.30. The highest BCUT2D eigenvalue weighted by molar-refractivity contribution is 6.37. The van der Waals surface area contributed by atoms with Crippen molar-refractivity contribution in [1.29, 1.82) is 0 Å². The van der Waals surface area contributed by atoms with Gasteiger partial charge in [0.15, 0.2) is 27.8 Å². The topological polar surface area (TPSA) is 171 Å². The number of ether oxygens (including phenoxy) is 2. The molecule has 3 aliphatic heterocycles. The van der Waals surface area contributed by atoms with Gasteiger partial charge in [0, 0.05) is 28.5 Å². The van der Waals surface area contributed by atoms with Gasteiger partial charge in [0.1, 0.15) is 28.7 Å². The summed E-state index contributed by atoms with van der Waals surface area (Å²) in [4.78, 5) is 40.4. The first kappa shape index (κ1) is 34.5. The van der Waals surface area contributed by atoms with Crippen LogP contribution in [0.2, 0.25) is 10.3 Å². The SMILES string of the molecule is CC(C)[C@H](N)C(=O)N[C@H]1Cc2ccc3c(c2)[C@@]2(c4ccccc4O[C@H]2O3)c2oc(nc2-c2nc(Cl)c(-c3c(Cl)[nH]c4ccccc34)o2)[C@H](C(C)C)NC1=O. The normalized spacial score (nSPS) is 21.9. The van der Waals surface area contributed by atoms with Crippen LogP contribution in [0.5, 0.6) is 11.5 Å². The van der Waals surface area contributed by atoms with E-state index < -0.39 is 41.6 Å². The predicted octanol–water partition coefficient (Wildman–Crippen LogP) is 7.07. The molecule has 3 aromatic carbocycles. The molecule has 54 heavy (non-hydrogen) atoms. The lowest BCUT2D eigenvalue weighted by atomic mass is 9.72. The quantitative estimate of drug-likeness (QED) is 0.139. The lowest BCUT2D eigenvalue weighted by molar-refractivity contribution is -0.130. The molecule has 9 rings (SSSR count). The fourth-order valence-electron chi connectivity index (χ4n) is 7.75. The number of H-pyrrole nitrogens is 1. The number of fused-ring (bicyclic) bond motifs is 5. The standard InChI is InChI=1S/C40H36Cl2N6O6/c1-17(2)28(43)36(50)45-24-16-19-13-14-26-22(15-19)40(21-10-6-8-12-25(21)51-39(40)52-26)32-30(47-37(54-32)29(18(3)4)46-35(24)49)38-48-34(42)31(53-38)27-20-9-5-7-11-23(20)44-33(27)41/h5-15,17-18,24,28-29,39,44H,16,43H2,1-4H3,(H,45,50)(H,46,49)/t24-,28-,29-,39-,40-/m0/s1. The van der Waals surface area contributed by atoms with Gasteiger partial charge in [-0.3, -0.25) is 9.59 Å². The Balaban J connectivity index is 1.28. The smallest absolute Gasteiger partial charge is 0.262 e. The van der Waals surface area contributed by atoms with Crippen molar-refractivity contribution in [2.45, 2.75) is 63.9 Å². The Labute approximate surface area is 319 Å². The van der Waals surface area contributed by atoms with Gasteiger partial charge < -0.3 is 39.7 Å². The van der Waals surface area contributed by atoms with E-state index in [4.69, 9.17) is 57.2 Å². The molecule has 0 fully saturated rings. The number of hydrogen-bond donors (Lipinski definition) is 4. The highest BCUT2D eigenvalue weighted by atomic mass is 35.5. The number of nitrogens with zero attached hydrogens (tertiary/aromatic N) is 2. The molecular weight excluding hydrogens is 731 g/mol. The summed E-state index contributed by atoms with van der Waals surface area (Å²) < 4.78 is 26.5. The van der Waals surface area contributed by atoms with Gasteiger partial charge >= 0.3 is 0 Å². The first-order valence-electron chi connectivity index (χ1n) is 17.8. The van der Waals surface area contributed by atoms with Gasteiger partial charge in [0.2, 0.25) is 17.7 Å². The Morgan fingerprint density at radius 2 is 1.70 bits per heavy atom. The van der Waals surface area contributed by atoms with Gasteiger partial charge in [-0.1, -0.05) is 99.4 Å². The van der Waals surface area contributed by atoms with Crippen molar-refractivity contribution in [3.05, 3.63) is 105 Å². The van der Waals surface area contributed by atoms with Crippen LogP contribution < -0.4 is 25.8 Å². The summed E-state index contributed by atoms with van der Waals surface area (Å²) in [7, 11) is 0. The molecule has 0 saturated heterocycles. The molecule has 0 saturated carbocycles. The Kier molecular flexibility index (Phi) is 8.07. The van der Waals surface area contributed by atoms with E-state index in [9.17, 15) is 9.59 Å². The summed E-state index contributed by atoms with van der Waals surface area (Å²) in [6.45, 7) is 7.59. The predicted molar refractivity (Wildman–Crippen MR) is 201 cm³/mol. The zero-order valence-electron chi connectivity index (χ0n) is 29.7. The summed E-state index contributed by atoms with van der Waals surface area (Å²) in [5.74, 6) is 0.807. The maximum atomic E-state index is 14.2. The molecular formula is C40H36Cl2N6O6. The third kappa shape index (κ3) is 5.14. The lowest BCUT2D eigenvalue weighted by Crippen LogP contribution is -2.54. The van der Waals surface area contributed by atoms with Crippen molar-refractivity contribution in [2.75, 3.05) is 0 Å². The van der Waals surface area contributed by atoms with Crippen molar-refractivity contribution in [3.63, 3.8) is 0 Å². The van der Waals surface area contributed by atoms with E-state index in [1.807, 2.05) is 94.4 Å². The number of nitrogens with two attached hydrogens (primary N) is 1. The summed E-state index contributed by atoms with van der Waals surface area (Å²) in [5, 5.41) is 7.23. The molecule has 0 aliphatic carbocycles. The first-order valence-corrected chi connectivity index (χ1v) is 18.6. The number of rotatable bonds is 6. The van der Waals surface area contributed by atoms with E-state index in [-0.39, 0.29) is 46.6 Å². The summed E-state index contributed by atoms with van der Waals surface area (Å²) in [6, 6.07) is 18.4. The monoisotopic (exact) mass is 766 g/mol. The Morgan fingerprint density at radius 1 is 0.963 bits per heavy atom. The van der Waals surface area contributed by atoms with E-state index in [0.29, 0.717) is 28.0 Å².